The van der Waals surface area contributed by atoms with Gasteiger partial charge in [-0.05, 0) is 48.4 Å². The van der Waals surface area contributed by atoms with E-state index in [9.17, 15) is 0 Å². The average molecular weight is 387 g/mol. The van der Waals surface area contributed by atoms with Crippen LogP contribution in [-0.4, -0.2) is 14.5 Å². The highest BCUT2D eigenvalue weighted by atomic mass is 16.3. The molecule has 3 aromatic heterocycles. The van der Waals surface area contributed by atoms with Crippen molar-refractivity contribution >= 4 is 33.0 Å². The molecule has 0 bridgehead atoms. The van der Waals surface area contributed by atoms with Crippen LogP contribution < -0.4 is 0 Å². The highest BCUT2D eigenvalue weighted by Crippen LogP contribution is 2.39. The van der Waals surface area contributed by atoms with E-state index in [0.717, 1.165) is 62.9 Å². The van der Waals surface area contributed by atoms with Crippen molar-refractivity contribution in [3.63, 3.8) is 0 Å². The first-order valence-electron chi connectivity index (χ1n) is 10.2. The summed E-state index contributed by atoms with van der Waals surface area (Å²) in [4.78, 5) is 9.56. The van der Waals surface area contributed by atoms with E-state index >= 15 is 0 Å². The summed E-state index contributed by atoms with van der Waals surface area (Å²) in [7, 11) is 0. The minimum atomic E-state index is 0.852. The molecule has 6 aromatic rings. The van der Waals surface area contributed by atoms with Crippen molar-refractivity contribution in [2.75, 3.05) is 0 Å². The van der Waals surface area contributed by atoms with Gasteiger partial charge in [0.1, 0.15) is 16.9 Å². The monoisotopic (exact) mass is 387 g/mol. The molecule has 1 aliphatic rings. The molecule has 0 unspecified atom stereocenters. The SMILES string of the molecule is c1ccc(-c2cccc3c2oc2c3ccc3c2nc2n3-c3ccccc3CC2)nc1. The minimum Gasteiger partial charge on any atom is -0.453 e. The van der Waals surface area contributed by atoms with Gasteiger partial charge in [-0.3, -0.25) is 9.55 Å². The molecule has 0 N–H and O–H groups in total. The molecular weight excluding hydrogens is 370 g/mol. The number of aryl methyl sites for hydroxylation is 2. The molecule has 0 atom stereocenters. The number of benzene rings is 3. The van der Waals surface area contributed by atoms with Gasteiger partial charge in [0.2, 0.25) is 0 Å². The number of pyridine rings is 1. The Hall–Kier alpha value is -3.92. The van der Waals surface area contributed by atoms with Crippen molar-refractivity contribution < 1.29 is 4.42 Å². The first kappa shape index (κ1) is 15.9. The fourth-order valence-corrected chi connectivity index (χ4v) is 4.79. The topological polar surface area (TPSA) is 43.9 Å². The lowest BCUT2D eigenvalue weighted by Crippen LogP contribution is -2.11. The maximum atomic E-state index is 6.50. The molecule has 0 amide bonds. The summed E-state index contributed by atoms with van der Waals surface area (Å²) in [6.45, 7) is 0. The Kier molecular flexibility index (Phi) is 3.08. The van der Waals surface area contributed by atoms with E-state index in [0.29, 0.717) is 0 Å². The number of furan rings is 1. The van der Waals surface area contributed by atoms with Crippen LogP contribution in [0.25, 0.3) is 49.9 Å². The zero-order valence-corrected chi connectivity index (χ0v) is 16.2. The highest BCUT2D eigenvalue weighted by Gasteiger charge is 2.23. The molecule has 4 heteroatoms. The lowest BCUT2D eigenvalue weighted by molar-refractivity contribution is 0.672. The van der Waals surface area contributed by atoms with Crippen LogP contribution in [0.1, 0.15) is 11.4 Å². The normalized spacial score (nSPS) is 13.1. The Morgan fingerprint density at radius 3 is 2.60 bits per heavy atom. The summed E-state index contributed by atoms with van der Waals surface area (Å²) in [6.07, 6.45) is 3.77. The third kappa shape index (κ3) is 2.05. The zero-order valence-electron chi connectivity index (χ0n) is 16.2. The molecule has 0 spiro atoms. The van der Waals surface area contributed by atoms with E-state index in [1.807, 2.05) is 24.4 Å². The fraction of sp³-hybridized carbons (Fsp3) is 0.0769. The van der Waals surface area contributed by atoms with Crippen LogP contribution >= 0.6 is 0 Å². The van der Waals surface area contributed by atoms with Crippen LogP contribution in [0.4, 0.5) is 0 Å². The molecule has 142 valence electrons. The van der Waals surface area contributed by atoms with Crippen molar-refractivity contribution in [2.24, 2.45) is 0 Å². The summed E-state index contributed by atoms with van der Waals surface area (Å²) in [5, 5.41) is 2.19. The molecule has 0 saturated heterocycles. The quantitative estimate of drug-likeness (QED) is 0.343. The van der Waals surface area contributed by atoms with Gasteiger partial charge >= 0.3 is 0 Å². The molecule has 3 aromatic carbocycles. The Balaban J connectivity index is 1.57. The van der Waals surface area contributed by atoms with Gasteiger partial charge in [0.15, 0.2) is 5.58 Å². The van der Waals surface area contributed by atoms with E-state index in [-0.39, 0.29) is 0 Å². The summed E-state index contributed by atoms with van der Waals surface area (Å²) in [5.41, 5.74) is 8.27. The summed E-state index contributed by atoms with van der Waals surface area (Å²) >= 11 is 0. The molecule has 30 heavy (non-hydrogen) atoms. The van der Waals surface area contributed by atoms with Gasteiger partial charge in [0.05, 0.1) is 16.9 Å². The molecule has 0 aliphatic carbocycles. The van der Waals surface area contributed by atoms with Crippen LogP contribution in [0, 0.1) is 0 Å². The maximum absolute atomic E-state index is 6.50. The van der Waals surface area contributed by atoms with Crippen LogP contribution in [0.3, 0.4) is 0 Å². The highest BCUT2D eigenvalue weighted by molar-refractivity contribution is 6.16. The number of aromatic nitrogens is 3. The third-order valence-corrected chi connectivity index (χ3v) is 6.15. The van der Waals surface area contributed by atoms with Gasteiger partial charge in [-0.15, -0.1) is 0 Å². The molecule has 0 radical (unpaired) electrons. The second kappa shape index (κ2) is 5.80. The number of fused-ring (bicyclic) bond motifs is 9. The third-order valence-electron chi connectivity index (χ3n) is 6.15. The van der Waals surface area contributed by atoms with Crippen molar-refractivity contribution in [2.45, 2.75) is 12.8 Å². The van der Waals surface area contributed by atoms with E-state index in [4.69, 9.17) is 9.40 Å². The van der Waals surface area contributed by atoms with Gasteiger partial charge < -0.3 is 4.42 Å². The number of hydrogen-bond donors (Lipinski definition) is 0. The lowest BCUT2D eigenvalue weighted by Gasteiger charge is -2.18. The Bertz CT molecular complexity index is 1590. The molecule has 4 nitrogen and oxygen atoms in total. The summed E-state index contributed by atoms with van der Waals surface area (Å²) < 4.78 is 8.79. The van der Waals surface area contributed by atoms with Crippen LogP contribution in [0.15, 0.2) is 83.4 Å². The molecular formula is C26H17N3O. The van der Waals surface area contributed by atoms with E-state index in [2.05, 4.69) is 64.1 Å². The number of rotatable bonds is 1. The lowest BCUT2D eigenvalue weighted by atomic mass is 10.0. The fourth-order valence-electron chi connectivity index (χ4n) is 4.79. The predicted molar refractivity (Wildman–Crippen MR) is 119 cm³/mol. The van der Waals surface area contributed by atoms with Gasteiger partial charge in [0, 0.05) is 29.0 Å². The number of nitrogens with zero attached hydrogens (tertiary/aromatic N) is 3. The van der Waals surface area contributed by atoms with E-state index < -0.39 is 0 Å². The van der Waals surface area contributed by atoms with Crippen LogP contribution in [0.2, 0.25) is 0 Å². The van der Waals surface area contributed by atoms with E-state index in [1.165, 1.54) is 11.3 Å². The molecule has 0 fully saturated rings. The van der Waals surface area contributed by atoms with Gasteiger partial charge in [0.25, 0.3) is 0 Å². The molecule has 0 saturated carbocycles. The standard InChI is InChI=1S/C26H17N3O/c1-2-10-21-16(6-1)11-14-23-28-24-22(29(21)23)13-12-18-17-7-5-8-19(25(17)30-26(18)24)20-9-3-4-15-27-20/h1-10,12-13,15H,11,14H2. The average Bonchev–Trinajstić information content (AvgIpc) is 3.38. The first-order chi connectivity index (χ1) is 14.9. The largest absolute Gasteiger partial charge is 0.453 e. The van der Waals surface area contributed by atoms with E-state index in [1.54, 1.807) is 0 Å². The number of imidazole rings is 1. The van der Waals surface area contributed by atoms with Crippen molar-refractivity contribution in [3.05, 3.63) is 90.4 Å². The van der Waals surface area contributed by atoms with Crippen molar-refractivity contribution in [3.8, 4) is 16.9 Å². The maximum Gasteiger partial charge on any atom is 0.163 e. The van der Waals surface area contributed by atoms with Crippen molar-refractivity contribution in [1.82, 2.24) is 14.5 Å². The Morgan fingerprint density at radius 1 is 0.767 bits per heavy atom. The predicted octanol–water partition coefficient (Wildman–Crippen LogP) is 6.09. The Morgan fingerprint density at radius 2 is 1.67 bits per heavy atom. The second-order valence-corrected chi connectivity index (χ2v) is 7.80. The Labute approximate surface area is 172 Å². The summed E-state index contributed by atoms with van der Waals surface area (Å²) in [5.74, 6) is 1.10. The van der Waals surface area contributed by atoms with Crippen LogP contribution in [0.5, 0.6) is 0 Å². The van der Waals surface area contributed by atoms with Crippen molar-refractivity contribution in [1.29, 1.82) is 0 Å². The molecule has 4 heterocycles. The second-order valence-electron chi connectivity index (χ2n) is 7.80. The zero-order chi connectivity index (χ0) is 19.7. The molecule has 7 rings (SSSR count). The van der Waals surface area contributed by atoms with Gasteiger partial charge in [-0.2, -0.15) is 0 Å². The molecule has 1 aliphatic heterocycles. The van der Waals surface area contributed by atoms with Crippen LogP contribution in [-0.2, 0) is 12.8 Å². The summed E-state index contributed by atoms with van der Waals surface area (Å²) in [6, 6.07) is 25.1. The van der Waals surface area contributed by atoms with Gasteiger partial charge in [-0.1, -0.05) is 36.4 Å². The number of para-hydroxylation sites is 2. The smallest absolute Gasteiger partial charge is 0.163 e. The first-order valence-corrected chi connectivity index (χ1v) is 10.2. The number of hydrogen-bond acceptors (Lipinski definition) is 3. The van der Waals surface area contributed by atoms with Gasteiger partial charge in [-0.25, -0.2) is 4.98 Å². The minimum absolute atomic E-state index is 0.852.